The lowest BCUT2D eigenvalue weighted by molar-refractivity contribution is -0.140. The van der Waals surface area contributed by atoms with Crippen molar-refractivity contribution in [2.75, 3.05) is 5.32 Å². The second kappa shape index (κ2) is 5.02. The predicted molar refractivity (Wildman–Crippen MR) is 74.8 cm³/mol. The number of hydrogen-bond acceptors (Lipinski definition) is 3. The van der Waals surface area contributed by atoms with E-state index < -0.39 is 28.9 Å². The van der Waals surface area contributed by atoms with Crippen LogP contribution in [-0.4, -0.2) is 22.8 Å². The molecule has 0 unspecified atom stereocenters. The highest BCUT2D eigenvalue weighted by Crippen LogP contribution is 2.49. The first-order chi connectivity index (χ1) is 9.64. The number of halogens is 1. The maximum absolute atomic E-state index is 13.9. The molecule has 2 rings (SSSR count). The Balaban J connectivity index is 2.20. The zero-order chi connectivity index (χ0) is 15.8. The second-order valence-corrected chi connectivity index (χ2v) is 6.21. The van der Waals surface area contributed by atoms with Gasteiger partial charge in [0.15, 0.2) is 0 Å². The number of amides is 1. The standard InChI is InChI=1S/C15H18FNO4/c1-14(2,3)21-13(20)17-9-4-5-11(16)10(8-9)15(6-7-15)12(18)19/h4-5,8H,6-7H2,1-3H3,(H,17,20)(H,18,19). The Morgan fingerprint density at radius 2 is 1.95 bits per heavy atom. The van der Waals surface area contributed by atoms with Crippen molar-refractivity contribution in [2.45, 2.75) is 44.6 Å². The Bertz CT molecular complexity index is 588. The van der Waals surface area contributed by atoms with Gasteiger partial charge in [-0.1, -0.05) is 0 Å². The van der Waals surface area contributed by atoms with E-state index in [9.17, 15) is 19.1 Å². The van der Waals surface area contributed by atoms with Gasteiger partial charge in [0, 0.05) is 11.3 Å². The Labute approximate surface area is 122 Å². The molecule has 1 aliphatic rings. The SMILES string of the molecule is CC(C)(C)OC(=O)Nc1ccc(F)c(C2(C(=O)O)CC2)c1. The fraction of sp³-hybridized carbons (Fsp3) is 0.467. The van der Waals surface area contributed by atoms with Gasteiger partial charge in [-0.3, -0.25) is 10.1 Å². The number of ether oxygens (including phenoxy) is 1. The third kappa shape index (κ3) is 3.32. The molecule has 0 spiro atoms. The first-order valence-electron chi connectivity index (χ1n) is 6.67. The second-order valence-electron chi connectivity index (χ2n) is 6.21. The van der Waals surface area contributed by atoms with Crippen LogP contribution in [-0.2, 0) is 14.9 Å². The van der Waals surface area contributed by atoms with Crippen LogP contribution in [0.5, 0.6) is 0 Å². The monoisotopic (exact) mass is 295 g/mol. The number of rotatable bonds is 3. The molecular weight excluding hydrogens is 277 g/mol. The topological polar surface area (TPSA) is 75.6 Å². The van der Waals surface area contributed by atoms with Crippen molar-refractivity contribution >= 4 is 17.7 Å². The first kappa shape index (κ1) is 15.3. The molecule has 1 aliphatic carbocycles. The van der Waals surface area contributed by atoms with E-state index in [0.29, 0.717) is 18.5 Å². The molecule has 0 aliphatic heterocycles. The number of carboxylic acid groups (broad SMARTS) is 1. The number of hydrogen-bond donors (Lipinski definition) is 2. The molecule has 0 bridgehead atoms. The van der Waals surface area contributed by atoms with E-state index in [-0.39, 0.29) is 5.56 Å². The van der Waals surface area contributed by atoms with Gasteiger partial charge in [-0.2, -0.15) is 0 Å². The minimum atomic E-state index is -1.16. The van der Waals surface area contributed by atoms with Crippen LogP contribution in [0.2, 0.25) is 0 Å². The van der Waals surface area contributed by atoms with Gasteiger partial charge >= 0.3 is 12.1 Å². The molecule has 0 heterocycles. The van der Waals surface area contributed by atoms with E-state index in [4.69, 9.17) is 4.74 Å². The van der Waals surface area contributed by atoms with Crippen LogP contribution in [0.4, 0.5) is 14.9 Å². The summed E-state index contributed by atoms with van der Waals surface area (Å²) in [7, 11) is 0. The lowest BCUT2D eigenvalue weighted by Crippen LogP contribution is -2.27. The number of carbonyl (C=O) groups is 2. The molecule has 6 heteroatoms. The fourth-order valence-electron chi connectivity index (χ4n) is 2.11. The minimum Gasteiger partial charge on any atom is -0.481 e. The Morgan fingerprint density at radius 3 is 2.43 bits per heavy atom. The average molecular weight is 295 g/mol. The highest BCUT2D eigenvalue weighted by Gasteiger charge is 2.53. The van der Waals surface area contributed by atoms with E-state index >= 15 is 0 Å². The van der Waals surface area contributed by atoms with Crippen molar-refractivity contribution in [1.82, 2.24) is 0 Å². The Morgan fingerprint density at radius 1 is 1.33 bits per heavy atom. The third-order valence-electron chi connectivity index (χ3n) is 3.29. The van der Waals surface area contributed by atoms with Crippen molar-refractivity contribution in [3.63, 3.8) is 0 Å². The quantitative estimate of drug-likeness (QED) is 0.897. The van der Waals surface area contributed by atoms with Crippen molar-refractivity contribution in [3.05, 3.63) is 29.6 Å². The lowest BCUT2D eigenvalue weighted by atomic mass is 9.95. The van der Waals surface area contributed by atoms with Gasteiger partial charge in [0.25, 0.3) is 0 Å². The normalized spacial score (nSPS) is 16.2. The summed E-state index contributed by atoms with van der Waals surface area (Å²) in [5.74, 6) is -1.62. The van der Waals surface area contributed by atoms with Crippen molar-refractivity contribution in [1.29, 1.82) is 0 Å². The third-order valence-corrected chi connectivity index (χ3v) is 3.29. The van der Waals surface area contributed by atoms with Gasteiger partial charge in [0.1, 0.15) is 11.4 Å². The first-order valence-corrected chi connectivity index (χ1v) is 6.67. The molecule has 1 aromatic rings. The van der Waals surface area contributed by atoms with Crippen LogP contribution in [0.3, 0.4) is 0 Å². The van der Waals surface area contributed by atoms with Gasteiger partial charge in [-0.15, -0.1) is 0 Å². The van der Waals surface area contributed by atoms with Gasteiger partial charge in [-0.25, -0.2) is 9.18 Å². The molecule has 114 valence electrons. The van der Waals surface area contributed by atoms with Crippen LogP contribution < -0.4 is 5.32 Å². The van der Waals surface area contributed by atoms with Gasteiger partial charge in [0.2, 0.25) is 0 Å². The van der Waals surface area contributed by atoms with Crippen molar-refractivity contribution < 1.29 is 23.8 Å². The van der Waals surface area contributed by atoms with Crippen molar-refractivity contribution in [3.8, 4) is 0 Å². The molecule has 1 aromatic carbocycles. The molecule has 0 saturated heterocycles. The summed E-state index contributed by atoms with van der Waals surface area (Å²) in [5.41, 5.74) is -1.39. The summed E-state index contributed by atoms with van der Waals surface area (Å²) >= 11 is 0. The van der Waals surface area contributed by atoms with E-state index in [2.05, 4.69) is 5.32 Å². The fourth-order valence-corrected chi connectivity index (χ4v) is 2.11. The summed E-state index contributed by atoms with van der Waals surface area (Å²) in [6, 6.07) is 3.89. The van der Waals surface area contributed by atoms with Gasteiger partial charge in [-0.05, 0) is 51.8 Å². The van der Waals surface area contributed by atoms with E-state index in [1.54, 1.807) is 20.8 Å². The number of anilines is 1. The smallest absolute Gasteiger partial charge is 0.412 e. The summed E-state index contributed by atoms with van der Waals surface area (Å²) in [4.78, 5) is 23.0. The molecule has 0 aromatic heterocycles. The summed E-state index contributed by atoms with van der Waals surface area (Å²) in [6.45, 7) is 5.19. The number of carbonyl (C=O) groups excluding carboxylic acids is 1. The zero-order valence-electron chi connectivity index (χ0n) is 12.2. The molecule has 0 radical (unpaired) electrons. The molecule has 5 nitrogen and oxygen atoms in total. The Kier molecular flexibility index (Phi) is 3.65. The zero-order valence-corrected chi connectivity index (χ0v) is 12.2. The van der Waals surface area contributed by atoms with Crippen molar-refractivity contribution in [2.24, 2.45) is 0 Å². The van der Waals surface area contributed by atoms with Gasteiger partial charge in [0.05, 0.1) is 5.41 Å². The summed E-state index contributed by atoms with van der Waals surface area (Å²) in [5, 5.41) is 11.7. The summed E-state index contributed by atoms with van der Waals surface area (Å²) in [6.07, 6.45) is 0.129. The minimum absolute atomic E-state index is 0.101. The molecule has 21 heavy (non-hydrogen) atoms. The molecule has 0 atom stereocenters. The molecule has 2 N–H and O–H groups in total. The van der Waals surface area contributed by atoms with Crippen LogP contribution in [0.15, 0.2) is 18.2 Å². The maximum Gasteiger partial charge on any atom is 0.412 e. The average Bonchev–Trinajstić information content (AvgIpc) is 3.10. The van der Waals surface area contributed by atoms with Crippen LogP contribution in [0.1, 0.15) is 39.2 Å². The van der Waals surface area contributed by atoms with Crippen LogP contribution in [0, 0.1) is 5.82 Å². The number of benzene rings is 1. The summed E-state index contributed by atoms with van der Waals surface area (Å²) < 4.78 is 19.0. The number of carboxylic acids is 1. The highest BCUT2D eigenvalue weighted by molar-refractivity contribution is 5.88. The predicted octanol–water partition coefficient (Wildman–Crippen LogP) is 3.29. The highest BCUT2D eigenvalue weighted by atomic mass is 19.1. The van der Waals surface area contributed by atoms with E-state index in [1.165, 1.54) is 12.1 Å². The number of aliphatic carboxylic acids is 1. The van der Waals surface area contributed by atoms with Gasteiger partial charge < -0.3 is 9.84 Å². The molecular formula is C15H18FNO4. The Hall–Kier alpha value is -2.11. The molecule has 1 fully saturated rings. The number of nitrogens with one attached hydrogen (secondary N) is 1. The molecule has 1 saturated carbocycles. The maximum atomic E-state index is 13.9. The van der Waals surface area contributed by atoms with E-state index in [1.807, 2.05) is 0 Å². The molecule has 1 amide bonds. The lowest BCUT2D eigenvalue weighted by Gasteiger charge is -2.20. The van der Waals surface area contributed by atoms with E-state index in [0.717, 1.165) is 6.07 Å². The largest absolute Gasteiger partial charge is 0.481 e. The van der Waals surface area contributed by atoms with Crippen LogP contribution >= 0.6 is 0 Å². The van der Waals surface area contributed by atoms with Crippen LogP contribution in [0.25, 0.3) is 0 Å².